The molecule has 1 aliphatic rings. The highest BCUT2D eigenvalue weighted by Gasteiger charge is 2.34. The van der Waals surface area contributed by atoms with Crippen LogP contribution < -0.4 is 14.4 Å². The number of hydrogen-bond acceptors (Lipinski definition) is 4. The third-order valence-corrected chi connectivity index (χ3v) is 6.06. The van der Waals surface area contributed by atoms with Crippen LogP contribution in [0.25, 0.3) is 0 Å². The molecule has 0 spiro atoms. The number of anilines is 1. The van der Waals surface area contributed by atoms with Gasteiger partial charge in [-0.05, 0) is 42.8 Å². The van der Waals surface area contributed by atoms with Crippen LogP contribution in [-0.4, -0.2) is 45.3 Å². The Kier molecular flexibility index (Phi) is 6.63. The van der Waals surface area contributed by atoms with Crippen molar-refractivity contribution >= 4 is 21.6 Å². The molecule has 3 rings (SSSR count). The summed E-state index contributed by atoms with van der Waals surface area (Å²) in [4.78, 5) is 4.32. The van der Waals surface area contributed by atoms with E-state index in [0.717, 1.165) is 18.7 Å². The SMILES string of the molecule is COc1ccc([C@H](C)N2CCN(c3ccc(Br)c(C(F)(F)F)c3)CC2)cc1OC. The standard InChI is InChI=1S/C21H24BrF3N2O2/c1-14(15-4-7-19(28-2)20(12-15)29-3)26-8-10-27(11-9-26)16-5-6-18(22)17(13-16)21(23,24)25/h4-7,12-14H,8-11H2,1-3H3/t14-/m0/s1. The molecule has 1 atom stereocenters. The minimum Gasteiger partial charge on any atom is -0.493 e. The lowest BCUT2D eigenvalue weighted by Gasteiger charge is -2.39. The number of rotatable bonds is 5. The van der Waals surface area contributed by atoms with Crippen LogP contribution in [-0.2, 0) is 6.18 Å². The fraction of sp³-hybridized carbons (Fsp3) is 0.429. The van der Waals surface area contributed by atoms with Crippen LogP contribution in [0, 0.1) is 0 Å². The van der Waals surface area contributed by atoms with Crippen molar-refractivity contribution in [2.45, 2.75) is 19.1 Å². The first-order valence-electron chi connectivity index (χ1n) is 9.32. The van der Waals surface area contributed by atoms with Crippen molar-refractivity contribution in [3.05, 3.63) is 52.0 Å². The summed E-state index contributed by atoms with van der Waals surface area (Å²) in [5.74, 6) is 1.37. The van der Waals surface area contributed by atoms with Gasteiger partial charge in [-0.15, -0.1) is 0 Å². The van der Waals surface area contributed by atoms with Crippen molar-refractivity contribution in [3.63, 3.8) is 0 Å². The first kappa shape index (κ1) is 21.8. The first-order chi connectivity index (χ1) is 13.7. The van der Waals surface area contributed by atoms with Crippen molar-refractivity contribution in [1.29, 1.82) is 0 Å². The number of methoxy groups -OCH3 is 2. The smallest absolute Gasteiger partial charge is 0.417 e. The quantitative estimate of drug-likeness (QED) is 0.583. The Labute approximate surface area is 177 Å². The number of halogens is 4. The van der Waals surface area contributed by atoms with Gasteiger partial charge in [-0.25, -0.2) is 0 Å². The topological polar surface area (TPSA) is 24.9 Å². The molecule has 0 unspecified atom stereocenters. The van der Waals surface area contributed by atoms with E-state index in [1.165, 1.54) is 12.1 Å². The van der Waals surface area contributed by atoms with Crippen LogP contribution in [0.1, 0.15) is 24.1 Å². The second-order valence-electron chi connectivity index (χ2n) is 6.98. The molecule has 2 aromatic carbocycles. The summed E-state index contributed by atoms with van der Waals surface area (Å²) in [5.41, 5.74) is 1.06. The van der Waals surface area contributed by atoms with Crippen molar-refractivity contribution in [3.8, 4) is 11.5 Å². The largest absolute Gasteiger partial charge is 0.493 e. The molecule has 158 valence electrons. The summed E-state index contributed by atoms with van der Waals surface area (Å²) < 4.78 is 50.3. The van der Waals surface area contributed by atoms with Crippen LogP contribution >= 0.6 is 15.9 Å². The van der Waals surface area contributed by atoms with Gasteiger partial charge in [0.2, 0.25) is 0 Å². The number of hydrogen-bond donors (Lipinski definition) is 0. The lowest BCUT2D eigenvalue weighted by atomic mass is 10.0. The number of benzene rings is 2. The van der Waals surface area contributed by atoms with Gasteiger partial charge in [0.05, 0.1) is 19.8 Å². The van der Waals surface area contributed by atoms with Crippen molar-refractivity contribution in [1.82, 2.24) is 4.90 Å². The maximum Gasteiger partial charge on any atom is 0.417 e. The molecule has 1 heterocycles. The zero-order valence-corrected chi connectivity index (χ0v) is 18.2. The highest BCUT2D eigenvalue weighted by molar-refractivity contribution is 9.10. The Hall–Kier alpha value is -1.93. The Morgan fingerprint density at radius 3 is 2.17 bits per heavy atom. The van der Waals surface area contributed by atoms with Crippen LogP contribution in [0.5, 0.6) is 11.5 Å². The van der Waals surface area contributed by atoms with Gasteiger partial charge in [0.1, 0.15) is 0 Å². The molecule has 0 radical (unpaired) electrons. The van der Waals surface area contributed by atoms with Gasteiger partial charge in [0, 0.05) is 42.4 Å². The monoisotopic (exact) mass is 472 g/mol. The van der Waals surface area contributed by atoms with E-state index in [9.17, 15) is 13.2 Å². The maximum absolute atomic E-state index is 13.2. The number of ether oxygens (including phenoxy) is 2. The van der Waals surface area contributed by atoms with E-state index in [1.54, 1.807) is 20.3 Å². The molecule has 8 heteroatoms. The van der Waals surface area contributed by atoms with Gasteiger partial charge < -0.3 is 14.4 Å². The molecule has 1 aliphatic heterocycles. The maximum atomic E-state index is 13.2. The molecule has 0 aromatic heterocycles. The lowest BCUT2D eigenvalue weighted by Crippen LogP contribution is -2.47. The summed E-state index contributed by atoms with van der Waals surface area (Å²) in [6, 6.07) is 10.5. The molecule has 0 amide bonds. The van der Waals surface area contributed by atoms with Gasteiger partial charge in [0.15, 0.2) is 11.5 Å². The van der Waals surface area contributed by atoms with E-state index in [4.69, 9.17) is 9.47 Å². The molecule has 4 nitrogen and oxygen atoms in total. The van der Waals surface area contributed by atoms with E-state index in [2.05, 4.69) is 27.8 Å². The van der Waals surface area contributed by atoms with Crippen LogP contribution in [0.2, 0.25) is 0 Å². The van der Waals surface area contributed by atoms with Crippen molar-refractivity contribution in [2.24, 2.45) is 0 Å². The van der Waals surface area contributed by atoms with E-state index in [-0.39, 0.29) is 10.5 Å². The third kappa shape index (κ3) is 4.80. The van der Waals surface area contributed by atoms with Crippen LogP contribution in [0.4, 0.5) is 18.9 Å². The zero-order valence-electron chi connectivity index (χ0n) is 16.6. The molecule has 2 aromatic rings. The molecule has 1 fully saturated rings. The average molecular weight is 473 g/mol. The molecule has 29 heavy (non-hydrogen) atoms. The first-order valence-corrected chi connectivity index (χ1v) is 10.1. The Bertz CT molecular complexity index is 852. The van der Waals surface area contributed by atoms with E-state index in [0.29, 0.717) is 30.3 Å². The highest BCUT2D eigenvalue weighted by Crippen LogP contribution is 2.38. The second kappa shape index (κ2) is 8.83. The summed E-state index contributed by atoms with van der Waals surface area (Å²) in [7, 11) is 3.21. The number of nitrogens with zero attached hydrogens (tertiary/aromatic N) is 2. The Morgan fingerprint density at radius 1 is 0.931 bits per heavy atom. The van der Waals surface area contributed by atoms with Gasteiger partial charge >= 0.3 is 6.18 Å². The van der Waals surface area contributed by atoms with E-state index >= 15 is 0 Å². The highest BCUT2D eigenvalue weighted by atomic mass is 79.9. The molecule has 1 saturated heterocycles. The van der Waals surface area contributed by atoms with E-state index < -0.39 is 11.7 Å². The summed E-state index contributed by atoms with van der Waals surface area (Å²) >= 11 is 3.00. The lowest BCUT2D eigenvalue weighted by molar-refractivity contribution is -0.138. The Morgan fingerprint density at radius 2 is 1.59 bits per heavy atom. The Balaban J connectivity index is 1.69. The van der Waals surface area contributed by atoms with Gasteiger partial charge in [0.25, 0.3) is 0 Å². The summed E-state index contributed by atoms with van der Waals surface area (Å²) in [5, 5.41) is 0. The second-order valence-corrected chi connectivity index (χ2v) is 7.83. The summed E-state index contributed by atoms with van der Waals surface area (Å²) in [6.07, 6.45) is -4.38. The fourth-order valence-corrected chi connectivity index (χ4v) is 4.09. The fourth-order valence-electron chi connectivity index (χ4n) is 3.62. The van der Waals surface area contributed by atoms with Gasteiger partial charge in [-0.3, -0.25) is 4.90 Å². The normalized spacial score (nSPS) is 16.6. The minimum atomic E-state index is -4.38. The van der Waals surface area contributed by atoms with Crippen LogP contribution in [0.3, 0.4) is 0 Å². The number of piperazine rings is 1. The molecule has 0 N–H and O–H groups in total. The summed E-state index contributed by atoms with van der Waals surface area (Å²) in [6.45, 7) is 4.96. The molecular weight excluding hydrogens is 449 g/mol. The third-order valence-electron chi connectivity index (χ3n) is 5.37. The zero-order chi connectivity index (χ0) is 21.2. The van der Waals surface area contributed by atoms with Gasteiger partial charge in [-0.1, -0.05) is 22.0 Å². The van der Waals surface area contributed by atoms with Crippen LogP contribution in [0.15, 0.2) is 40.9 Å². The molecule has 0 aliphatic carbocycles. The average Bonchev–Trinajstić information content (AvgIpc) is 2.72. The van der Waals surface area contributed by atoms with E-state index in [1.807, 2.05) is 23.1 Å². The van der Waals surface area contributed by atoms with Crippen molar-refractivity contribution in [2.75, 3.05) is 45.3 Å². The predicted molar refractivity (Wildman–Crippen MR) is 111 cm³/mol. The molecule has 0 bridgehead atoms. The molecule has 0 saturated carbocycles. The van der Waals surface area contributed by atoms with Gasteiger partial charge in [-0.2, -0.15) is 13.2 Å². The predicted octanol–water partition coefficient (Wildman–Crippen LogP) is 5.37. The molecular formula is C21H24BrF3N2O2. The van der Waals surface area contributed by atoms with Crippen molar-refractivity contribution < 1.29 is 22.6 Å². The minimum absolute atomic E-state index is 0.0643. The number of alkyl halides is 3.